The molecule has 1 heterocycles. The molecule has 0 radical (unpaired) electrons. The molecular weight excluding hydrogens is 232 g/mol. The van der Waals surface area contributed by atoms with Crippen LogP contribution in [0.4, 0.5) is 0 Å². The summed E-state index contributed by atoms with van der Waals surface area (Å²) < 4.78 is 0. The number of aryl methyl sites for hydroxylation is 1. The van der Waals surface area contributed by atoms with Gasteiger partial charge in [-0.3, -0.25) is 4.79 Å². The minimum absolute atomic E-state index is 0.163. The third-order valence-electron chi connectivity index (χ3n) is 2.99. The van der Waals surface area contributed by atoms with E-state index in [1.807, 2.05) is 23.3 Å². The van der Waals surface area contributed by atoms with Gasteiger partial charge in [-0.1, -0.05) is 6.07 Å². The van der Waals surface area contributed by atoms with E-state index in [1.165, 1.54) is 5.56 Å². The lowest BCUT2D eigenvalue weighted by Crippen LogP contribution is -2.46. The molecule has 0 atom stereocenters. The Labute approximate surface area is 107 Å². The first-order valence-corrected chi connectivity index (χ1v) is 7.09. The summed E-state index contributed by atoms with van der Waals surface area (Å²) in [5, 5.41) is 3.26. The number of carbonyl (C=O) groups is 1. The van der Waals surface area contributed by atoms with E-state index in [9.17, 15) is 4.79 Å². The summed E-state index contributed by atoms with van der Waals surface area (Å²) in [5.41, 5.74) is 2.04. The highest BCUT2D eigenvalue weighted by atomic mass is 32.2. The van der Waals surface area contributed by atoms with Crippen molar-refractivity contribution in [2.75, 3.05) is 32.4 Å². The molecule has 1 aliphatic rings. The fourth-order valence-electron chi connectivity index (χ4n) is 2.01. The van der Waals surface area contributed by atoms with Gasteiger partial charge < -0.3 is 10.2 Å². The summed E-state index contributed by atoms with van der Waals surface area (Å²) in [7, 11) is 0. The van der Waals surface area contributed by atoms with Crippen LogP contribution in [0.3, 0.4) is 0 Å². The molecule has 1 fully saturated rings. The van der Waals surface area contributed by atoms with E-state index < -0.39 is 0 Å². The lowest BCUT2D eigenvalue weighted by molar-refractivity contribution is 0.0732. The Bertz CT molecular complexity index is 414. The van der Waals surface area contributed by atoms with E-state index in [1.54, 1.807) is 11.8 Å². The Morgan fingerprint density at radius 1 is 1.35 bits per heavy atom. The van der Waals surface area contributed by atoms with E-state index >= 15 is 0 Å². The molecular formula is C13H18N2OS. The Morgan fingerprint density at radius 2 is 2.06 bits per heavy atom. The molecule has 0 saturated carbocycles. The van der Waals surface area contributed by atoms with Gasteiger partial charge in [0.05, 0.1) is 5.56 Å². The maximum Gasteiger partial charge on any atom is 0.255 e. The predicted octanol–water partition coefficient (Wildman–Crippen LogP) is 1.76. The standard InChI is InChI=1S/C13H18N2OS/c1-10-3-4-11(12(9-10)17-2)13(16)15-7-5-14-6-8-15/h3-4,9,14H,5-8H2,1-2H3. The van der Waals surface area contributed by atoms with Gasteiger partial charge in [0.2, 0.25) is 0 Å². The number of rotatable bonds is 2. The summed E-state index contributed by atoms with van der Waals surface area (Å²) in [6.45, 7) is 5.46. The number of piperazine rings is 1. The van der Waals surface area contributed by atoms with E-state index in [4.69, 9.17) is 0 Å². The number of nitrogens with zero attached hydrogens (tertiary/aromatic N) is 1. The summed E-state index contributed by atoms with van der Waals surface area (Å²) in [5.74, 6) is 0.163. The minimum Gasteiger partial charge on any atom is -0.336 e. The lowest BCUT2D eigenvalue weighted by Gasteiger charge is -2.28. The van der Waals surface area contributed by atoms with Crippen LogP contribution in [-0.2, 0) is 0 Å². The van der Waals surface area contributed by atoms with Gasteiger partial charge in [-0.2, -0.15) is 0 Å². The van der Waals surface area contributed by atoms with Crippen molar-refractivity contribution < 1.29 is 4.79 Å². The van der Waals surface area contributed by atoms with E-state index in [-0.39, 0.29) is 5.91 Å². The molecule has 0 spiro atoms. The van der Waals surface area contributed by atoms with Gasteiger partial charge in [-0.25, -0.2) is 0 Å². The molecule has 0 aromatic heterocycles. The van der Waals surface area contributed by atoms with Crippen LogP contribution < -0.4 is 5.32 Å². The van der Waals surface area contributed by atoms with E-state index in [0.29, 0.717) is 0 Å². The molecule has 1 aromatic carbocycles. The maximum absolute atomic E-state index is 12.4. The van der Waals surface area contributed by atoms with Gasteiger partial charge in [0.25, 0.3) is 5.91 Å². The van der Waals surface area contributed by atoms with Gasteiger partial charge in [0.15, 0.2) is 0 Å². The maximum atomic E-state index is 12.4. The van der Waals surface area contributed by atoms with Crippen LogP contribution in [-0.4, -0.2) is 43.2 Å². The third kappa shape index (κ3) is 2.82. The molecule has 4 heteroatoms. The second-order valence-electron chi connectivity index (χ2n) is 4.25. The molecule has 0 bridgehead atoms. The molecule has 3 nitrogen and oxygen atoms in total. The Kier molecular flexibility index (Phi) is 4.07. The van der Waals surface area contributed by atoms with Crippen molar-refractivity contribution >= 4 is 17.7 Å². The zero-order valence-corrected chi connectivity index (χ0v) is 11.1. The van der Waals surface area contributed by atoms with E-state index in [0.717, 1.165) is 36.6 Å². The highest BCUT2D eigenvalue weighted by Crippen LogP contribution is 2.23. The topological polar surface area (TPSA) is 32.3 Å². The zero-order chi connectivity index (χ0) is 12.3. The third-order valence-corrected chi connectivity index (χ3v) is 3.77. The van der Waals surface area contributed by atoms with E-state index in [2.05, 4.69) is 18.3 Å². The van der Waals surface area contributed by atoms with Crippen LogP contribution in [0.25, 0.3) is 0 Å². The zero-order valence-electron chi connectivity index (χ0n) is 10.3. The molecule has 1 saturated heterocycles. The lowest BCUT2D eigenvalue weighted by atomic mass is 10.1. The summed E-state index contributed by atoms with van der Waals surface area (Å²) in [6.07, 6.45) is 2.02. The van der Waals surface area contributed by atoms with Gasteiger partial charge in [0, 0.05) is 31.1 Å². The molecule has 0 unspecified atom stereocenters. The number of hydrogen-bond donors (Lipinski definition) is 1. The second-order valence-corrected chi connectivity index (χ2v) is 5.09. The average molecular weight is 250 g/mol. The van der Waals surface area contributed by atoms with Crippen molar-refractivity contribution in [1.82, 2.24) is 10.2 Å². The van der Waals surface area contributed by atoms with Crippen molar-refractivity contribution in [1.29, 1.82) is 0 Å². The average Bonchev–Trinajstić information content (AvgIpc) is 2.39. The van der Waals surface area contributed by atoms with Crippen molar-refractivity contribution in [3.63, 3.8) is 0 Å². The van der Waals surface area contributed by atoms with Gasteiger partial charge in [-0.15, -0.1) is 11.8 Å². The molecule has 1 aromatic rings. The number of thioether (sulfide) groups is 1. The number of benzene rings is 1. The molecule has 2 rings (SSSR count). The molecule has 1 N–H and O–H groups in total. The molecule has 0 aliphatic carbocycles. The molecule has 17 heavy (non-hydrogen) atoms. The first-order valence-electron chi connectivity index (χ1n) is 5.87. The normalized spacial score (nSPS) is 16.0. The van der Waals surface area contributed by atoms with Crippen LogP contribution in [0.15, 0.2) is 23.1 Å². The summed E-state index contributed by atoms with van der Waals surface area (Å²) in [4.78, 5) is 15.4. The SMILES string of the molecule is CSc1cc(C)ccc1C(=O)N1CCNCC1. The van der Waals surface area contributed by atoms with Gasteiger partial charge >= 0.3 is 0 Å². The van der Waals surface area contributed by atoms with Crippen molar-refractivity contribution in [2.45, 2.75) is 11.8 Å². The fraction of sp³-hybridized carbons (Fsp3) is 0.462. The van der Waals surface area contributed by atoms with Crippen LogP contribution >= 0.6 is 11.8 Å². The quantitative estimate of drug-likeness (QED) is 0.812. The Balaban J connectivity index is 2.23. The molecule has 92 valence electrons. The monoisotopic (exact) mass is 250 g/mol. The van der Waals surface area contributed by atoms with Crippen molar-refractivity contribution in [3.8, 4) is 0 Å². The molecule has 1 amide bonds. The molecule has 1 aliphatic heterocycles. The minimum atomic E-state index is 0.163. The first kappa shape index (κ1) is 12.5. The predicted molar refractivity (Wildman–Crippen MR) is 71.7 cm³/mol. The number of hydrogen-bond acceptors (Lipinski definition) is 3. The number of carbonyl (C=O) groups excluding carboxylic acids is 1. The van der Waals surface area contributed by atoms with Crippen molar-refractivity contribution in [3.05, 3.63) is 29.3 Å². The second kappa shape index (κ2) is 5.56. The fourth-order valence-corrected chi connectivity index (χ4v) is 2.69. The van der Waals surface area contributed by atoms with Crippen LogP contribution in [0.1, 0.15) is 15.9 Å². The Morgan fingerprint density at radius 3 is 2.71 bits per heavy atom. The highest BCUT2D eigenvalue weighted by molar-refractivity contribution is 7.98. The van der Waals surface area contributed by atoms with Crippen molar-refractivity contribution in [2.24, 2.45) is 0 Å². The van der Waals surface area contributed by atoms with Gasteiger partial charge in [0.1, 0.15) is 0 Å². The number of nitrogens with one attached hydrogen (secondary N) is 1. The van der Waals surface area contributed by atoms with Gasteiger partial charge in [-0.05, 0) is 30.9 Å². The van der Waals surface area contributed by atoms with Crippen LogP contribution in [0.5, 0.6) is 0 Å². The largest absolute Gasteiger partial charge is 0.336 e. The van der Waals surface area contributed by atoms with Crippen LogP contribution in [0.2, 0.25) is 0 Å². The summed E-state index contributed by atoms with van der Waals surface area (Å²) in [6, 6.07) is 6.04. The Hall–Kier alpha value is -1.00. The van der Waals surface area contributed by atoms with Crippen LogP contribution in [0, 0.1) is 6.92 Å². The first-order chi connectivity index (χ1) is 8.22. The number of amides is 1. The smallest absolute Gasteiger partial charge is 0.255 e. The highest BCUT2D eigenvalue weighted by Gasteiger charge is 2.20. The summed E-state index contributed by atoms with van der Waals surface area (Å²) >= 11 is 1.64.